The smallest absolute Gasteiger partial charge is 0.201 e. The quantitative estimate of drug-likeness (QED) is 0.551. The number of aromatic nitrogens is 1. The van der Waals surface area contributed by atoms with Crippen LogP contribution in [0.25, 0.3) is 22.2 Å². The van der Waals surface area contributed by atoms with Crippen molar-refractivity contribution in [3.8, 4) is 17.0 Å². The van der Waals surface area contributed by atoms with Crippen LogP contribution in [0.15, 0.2) is 83.7 Å². The lowest BCUT2D eigenvalue weighted by atomic mass is 9.96. The van der Waals surface area contributed by atoms with Gasteiger partial charge < -0.3 is 9.72 Å². The Morgan fingerprint density at radius 2 is 1.52 bits per heavy atom. The second-order valence-electron chi connectivity index (χ2n) is 6.17. The number of ketones is 1. The summed E-state index contributed by atoms with van der Waals surface area (Å²) in [6.07, 6.45) is 0. The molecule has 4 aromatic rings. The third-order valence-corrected chi connectivity index (χ3v) is 4.55. The van der Waals surface area contributed by atoms with Gasteiger partial charge in [-0.15, -0.1) is 0 Å². The molecule has 3 aromatic carbocycles. The molecule has 0 amide bonds. The zero-order valence-electron chi connectivity index (χ0n) is 14.7. The number of carbonyl (C=O) groups excluding carboxylic acids is 1. The van der Waals surface area contributed by atoms with Crippen LogP contribution in [0.3, 0.4) is 0 Å². The Kier molecular flexibility index (Phi) is 4.30. The summed E-state index contributed by atoms with van der Waals surface area (Å²) < 4.78 is 5.21. The zero-order chi connectivity index (χ0) is 18.8. The van der Waals surface area contributed by atoms with Crippen molar-refractivity contribution in [3.05, 3.63) is 100 Å². The Morgan fingerprint density at radius 1 is 0.852 bits per heavy atom. The molecule has 4 nitrogen and oxygen atoms in total. The number of hydrogen-bond donors (Lipinski definition) is 1. The molecule has 0 saturated carbocycles. The fourth-order valence-corrected chi connectivity index (χ4v) is 3.16. The fraction of sp³-hybridized carbons (Fsp3) is 0.0435. The number of hydrogen-bond acceptors (Lipinski definition) is 3. The van der Waals surface area contributed by atoms with Gasteiger partial charge in [0.15, 0.2) is 5.78 Å². The van der Waals surface area contributed by atoms with Crippen molar-refractivity contribution < 1.29 is 9.53 Å². The first-order chi connectivity index (χ1) is 13.2. The van der Waals surface area contributed by atoms with Gasteiger partial charge in [-0.05, 0) is 42.0 Å². The van der Waals surface area contributed by atoms with Gasteiger partial charge in [-0.3, -0.25) is 9.59 Å². The number of methoxy groups -OCH3 is 1. The molecule has 0 fully saturated rings. The van der Waals surface area contributed by atoms with Crippen LogP contribution >= 0.6 is 0 Å². The number of fused-ring (bicyclic) bond motifs is 1. The molecule has 0 aliphatic rings. The maximum absolute atomic E-state index is 13.2. The summed E-state index contributed by atoms with van der Waals surface area (Å²) in [5, 5.41) is 0.494. The first-order valence-corrected chi connectivity index (χ1v) is 8.58. The number of para-hydroxylation sites is 1. The summed E-state index contributed by atoms with van der Waals surface area (Å²) in [6, 6.07) is 23.3. The maximum Gasteiger partial charge on any atom is 0.201 e. The van der Waals surface area contributed by atoms with Crippen molar-refractivity contribution in [1.29, 1.82) is 0 Å². The number of pyridine rings is 1. The molecule has 0 aliphatic carbocycles. The van der Waals surface area contributed by atoms with Gasteiger partial charge >= 0.3 is 0 Å². The highest BCUT2D eigenvalue weighted by atomic mass is 16.5. The van der Waals surface area contributed by atoms with Crippen molar-refractivity contribution in [3.63, 3.8) is 0 Å². The lowest BCUT2D eigenvalue weighted by Crippen LogP contribution is -2.19. The van der Waals surface area contributed by atoms with Crippen LogP contribution in [-0.4, -0.2) is 17.9 Å². The van der Waals surface area contributed by atoms with Gasteiger partial charge in [-0.1, -0.05) is 42.5 Å². The van der Waals surface area contributed by atoms with E-state index in [1.807, 2.05) is 30.3 Å². The minimum atomic E-state index is -0.298. The summed E-state index contributed by atoms with van der Waals surface area (Å²) in [4.78, 5) is 29.7. The molecule has 0 bridgehead atoms. The second-order valence-corrected chi connectivity index (χ2v) is 6.17. The van der Waals surface area contributed by atoms with E-state index in [0.29, 0.717) is 27.9 Å². The topological polar surface area (TPSA) is 59.2 Å². The average Bonchev–Trinajstić information content (AvgIpc) is 2.74. The number of H-pyrrole nitrogens is 1. The molecule has 0 radical (unpaired) electrons. The fourth-order valence-electron chi connectivity index (χ4n) is 3.16. The molecular formula is C23H17NO3. The van der Waals surface area contributed by atoms with Crippen molar-refractivity contribution in [2.45, 2.75) is 0 Å². The molecule has 1 heterocycles. The number of aromatic amines is 1. The third kappa shape index (κ3) is 3.02. The first kappa shape index (κ1) is 16.8. The van der Waals surface area contributed by atoms with E-state index in [1.54, 1.807) is 55.6 Å². The maximum atomic E-state index is 13.2. The summed E-state index contributed by atoms with van der Waals surface area (Å²) in [5.74, 6) is 0.409. The Balaban J connectivity index is 2.01. The number of ether oxygens (including phenoxy) is 1. The lowest BCUT2D eigenvalue weighted by molar-refractivity contribution is 0.103. The van der Waals surface area contributed by atoms with Crippen molar-refractivity contribution in [2.24, 2.45) is 0 Å². The van der Waals surface area contributed by atoms with E-state index < -0.39 is 0 Å². The molecule has 0 saturated heterocycles. The van der Waals surface area contributed by atoms with Crippen LogP contribution in [0.4, 0.5) is 0 Å². The van der Waals surface area contributed by atoms with Crippen LogP contribution in [0.1, 0.15) is 15.9 Å². The Bertz CT molecular complexity index is 1180. The molecular weight excluding hydrogens is 338 g/mol. The molecule has 1 N–H and O–H groups in total. The van der Waals surface area contributed by atoms with E-state index in [0.717, 1.165) is 5.56 Å². The van der Waals surface area contributed by atoms with E-state index in [9.17, 15) is 9.59 Å². The first-order valence-electron chi connectivity index (χ1n) is 8.58. The Labute approximate surface area is 156 Å². The van der Waals surface area contributed by atoms with Crippen LogP contribution in [0.5, 0.6) is 5.75 Å². The minimum absolute atomic E-state index is 0.144. The van der Waals surface area contributed by atoms with Crippen molar-refractivity contribution >= 4 is 16.7 Å². The molecule has 0 aliphatic heterocycles. The van der Waals surface area contributed by atoms with Crippen molar-refractivity contribution in [1.82, 2.24) is 4.98 Å². The van der Waals surface area contributed by atoms with Crippen LogP contribution < -0.4 is 10.2 Å². The predicted octanol–water partition coefficient (Wildman–Crippen LogP) is 4.43. The molecule has 132 valence electrons. The SMILES string of the molecule is COc1ccc(-c2[nH]c3ccccc3c(=O)c2C(=O)c2ccccc2)cc1. The summed E-state index contributed by atoms with van der Waals surface area (Å²) in [7, 11) is 1.59. The van der Waals surface area contributed by atoms with Gasteiger partial charge in [0.2, 0.25) is 5.43 Å². The lowest BCUT2D eigenvalue weighted by Gasteiger charge is -2.12. The second kappa shape index (κ2) is 6.92. The zero-order valence-corrected chi connectivity index (χ0v) is 14.7. The monoisotopic (exact) mass is 355 g/mol. The van der Waals surface area contributed by atoms with E-state index in [2.05, 4.69) is 4.98 Å². The highest BCUT2D eigenvalue weighted by molar-refractivity contribution is 6.13. The molecule has 0 atom stereocenters. The Hall–Kier alpha value is -3.66. The summed E-state index contributed by atoms with van der Waals surface area (Å²) >= 11 is 0. The molecule has 1 aromatic heterocycles. The molecule has 4 rings (SSSR count). The van der Waals surface area contributed by atoms with E-state index in [1.165, 1.54) is 0 Å². The van der Waals surface area contributed by atoms with Gasteiger partial charge in [0.25, 0.3) is 0 Å². The highest BCUT2D eigenvalue weighted by Gasteiger charge is 2.21. The van der Waals surface area contributed by atoms with Crippen LogP contribution in [0.2, 0.25) is 0 Å². The summed E-state index contributed by atoms with van der Waals surface area (Å²) in [6.45, 7) is 0. The van der Waals surface area contributed by atoms with Gasteiger partial charge in [-0.25, -0.2) is 0 Å². The van der Waals surface area contributed by atoms with Crippen molar-refractivity contribution in [2.75, 3.05) is 7.11 Å². The van der Waals surface area contributed by atoms with Gasteiger partial charge in [0.05, 0.1) is 18.4 Å². The van der Waals surface area contributed by atoms with Gasteiger partial charge in [0.1, 0.15) is 5.75 Å². The summed E-state index contributed by atoms with van der Waals surface area (Å²) in [5.41, 5.74) is 2.30. The normalized spacial score (nSPS) is 10.7. The van der Waals surface area contributed by atoms with E-state index >= 15 is 0 Å². The van der Waals surface area contributed by atoms with Crippen LogP contribution in [0, 0.1) is 0 Å². The molecule has 0 spiro atoms. The van der Waals surface area contributed by atoms with Gasteiger partial charge in [0, 0.05) is 16.5 Å². The number of rotatable bonds is 4. The number of carbonyl (C=O) groups is 1. The minimum Gasteiger partial charge on any atom is -0.497 e. The number of nitrogens with one attached hydrogen (secondary N) is 1. The highest BCUT2D eigenvalue weighted by Crippen LogP contribution is 2.26. The number of benzene rings is 3. The van der Waals surface area contributed by atoms with Crippen LogP contribution in [-0.2, 0) is 0 Å². The van der Waals surface area contributed by atoms with E-state index in [-0.39, 0.29) is 16.8 Å². The third-order valence-electron chi connectivity index (χ3n) is 4.55. The standard InChI is InChI=1S/C23H17NO3/c1-27-17-13-11-15(12-14-17)21-20(22(25)16-7-3-2-4-8-16)23(26)18-9-5-6-10-19(18)24-21/h2-14H,1H3,(H,24,26). The predicted molar refractivity (Wildman–Crippen MR) is 106 cm³/mol. The molecule has 27 heavy (non-hydrogen) atoms. The molecule has 0 unspecified atom stereocenters. The largest absolute Gasteiger partial charge is 0.497 e. The van der Waals surface area contributed by atoms with Gasteiger partial charge in [-0.2, -0.15) is 0 Å². The van der Waals surface area contributed by atoms with E-state index in [4.69, 9.17) is 4.74 Å². The molecule has 4 heteroatoms. The Morgan fingerprint density at radius 3 is 2.22 bits per heavy atom. The average molecular weight is 355 g/mol.